The average molecular weight is 1250 g/mol. The van der Waals surface area contributed by atoms with Crippen molar-refractivity contribution in [3.63, 3.8) is 0 Å². The molecule has 0 aliphatic carbocycles. The Morgan fingerprint density at radius 2 is 0.924 bits per heavy atom. The fraction of sp³-hybridized carbons (Fsp3) is 0.625. The number of imide groups is 2. The summed E-state index contributed by atoms with van der Waals surface area (Å²) in [6, 6.07) is 0. The number of carbonyl (C=O) groups is 9. The number of nitrogens with two attached hydrogens (primary N) is 1. The Kier molecular flexibility index (Phi) is 51.6. The second kappa shape index (κ2) is 44.3. The third-order valence-corrected chi connectivity index (χ3v) is 6.37. The van der Waals surface area contributed by atoms with Crippen molar-refractivity contribution in [2.24, 2.45) is 5.73 Å². The van der Waals surface area contributed by atoms with Gasteiger partial charge in [-0.2, -0.15) is 29.4 Å². The van der Waals surface area contributed by atoms with E-state index >= 15 is 0 Å². The van der Waals surface area contributed by atoms with Gasteiger partial charge in [0, 0.05) is 118 Å². The van der Waals surface area contributed by atoms with Crippen LogP contribution >= 0.6 is 46.4 Å². The Morgan fingerprint density at radius 3 is 1.15 bits per heavy atom. The van der Waals surface area contributed by atoms with Crippen molar-refractivity contribution in [2.75, 3.05) is 70.0 Å². The van der Waals surface area contributed by atoms with E-state index in [0.29, 0.717) is 25.3 Å². The van der Waals surface area contributed by atoms with Crippen molar-refractivity contribution < 1.29 is 175 Å². The van der Waals surface area contributed by atoms with Gasteiger partial charge < -0.3 is 63.4 Å². The third kappa shape index (κ3) is 43.4. The van der Waals surface area contributed by atoms with E-state index in [9.17, 15) is 43.2 Å². The van der Waals surface area contributed by atoms with E-state index in [-0.39, 0.29) is 202 Å². The smallest absolute Gasteiger partial charge is 0.308 e. The van der Waals surface area contributed by atoms with Crippen LogP contribution in [0.1, 0.15) is 81.6 Å². The molecule has 0 unspecified atom stereocenters. The summed E-state index contributed by atoms with van der Waals surface area (Å²) in [7, 11) is 0. The van der Waals surface area contributed by atoms with Gasteiger partial charge in [-0.1, -0.05) is 20.8 Å². The molecule has 19 nitrogen and oxygen atoms in total. The maximum atomic E-state index is 11.5. The van der Waals surface area contributed by atoms with E-state index in [1.54, 1.807) is 27.7 Å². The molecular weight excluding hydrogens is 1190 g/mol. The maximum Gasteiger partial charge on any atom is 0.308 e. The van der Waals surface area contributed by atoms with Gasteiger partial charge in [0.2, 0.25) is 5.97 Å². The van der Waals surface area contributed by atoms with Crippen LogP contribution in [-0.4, -0.2) is 150 Å². The number of aliphatic carboxylic acids is 1. The SMILES string of the molecule is CC(C)(C)OC(=O)CCOCCN.CC1=[C-]C(=O)N(CCOCCC(=O)O)C1=O.CC1=[C-]C(=O)N(CCOCCC(=O)OC(C)(C)C)C1=O.CC1=[C-]C(=O)OC1=O.ClCCl.ClCCl.[Y].[Y].[Y]. The van der Waals surface area contributed by atoms with Crippen molar-refractivity contribution in [3.05, 3.63) is 34.9 Å². The van der Waals surface area contributed by atoms with Gasteiger partial charge in [0.1, 0.15) is 23.0 Å². The average Bonchev–Trinajstić information content (AvgIpc) is 3.68. The molecule has 369 valence electrons. The number of amides is 4. The Bertz CT molecular complexity index is 1620. The Morgan fingerprint density at radius 1 is 0.591 bits per heavy atom. The van der Waals surface area contributed by atoms with E-state index in [1.807, 2.05) is 20.8 Å². The number of carboxylic acids is 1. The number of rotatable bonds is 17. The molecule has 26 heteroatoms. The van der Waals surface area contributed by atoms with Crippen LogP contribution in [-0.2, 0) is 170 Å². The third-order valence-electron chi connectivity index (χ3n) is 6.37. The van der Waals surface area contributed by atoms with E-state index in [2.05, 4.69) is 23.0 Å². The number of esters is 4. The number of cyclic esters (lactones) is 2. The van der Waals surface area contributed by atoms with Gasteiger partial charge in [-0.05, 0) is 41.5 Å². The van der Waals surface area contributed by atoms with Gasteiger partial charge in [-0.3, -0.25) is 28.8 Å². The molecule has 0 aromatic heterocycles. The van der Waals surface area contributed by atoms with Crippen LogP contribution in [0.4, 0.5) is 0 Å². The molecule has 3 aliphatic rings. The Labute approximate surface area is 482 Å². The summed E-state index contributed by atoms with van der Waals surface area (Å²) in [6.45, 7) is 17.7. The molecule has 0 saturated carbocycles. The van der Waals surface area contributed by atoms with Crippen LogP contribution in [0.15, 0.2) is 16.7 Å². The van der Waals surface area contributed by atoms with Crippen LogP contribution < -0.4 is 5.73 Å². The maximum absolute atomic E-state index is 11.5. The quantitative estimate of drug-likeness (QED) is 0.0399. The standard InChI is InChI=1S/C14H20NO5.C10H12NO5.C9H19NO3.C5H3O3.2CH2Cl2.3Y/c1-10-9-11(16)15(13(10)18)6-8-19-7-5-12(17)20-14(2,3)4;1-7-6-8(12)11(10(7)15)3-5-16-4-2-9(13)14;1-9(2,3)13-8(11)4-6-12-7-5-10;1-3-2-4(6)8-5(3)7;2*2-1-3;;;/h5-8H2,1-4H3;2-5H2,1H3,(H,13,14);4-7,10H2,1-3H3;1H3;2*1H2;;;/q2*-1;;-1;;;;;. The number of hydrogen-bond acceptors (Lipinski definition) is 16. The first kappa shape index (κ1) is 76.8. The van der Waals surface area contributed by atoms with Crippen LogP contribution in [0.3, 0.4) is 0 Å². The van der Waals surface area contributed by atoms with Crippen molar-refractivity contribution in [1.29, 1.82) is 0 Å². The molecule has 0 spiro atoms. The van der Waals surface area contributed by atoms with Gasteiger partial charge in [0.05, 0.1) is 81.4 Å². The summed E-state index contributed by atoms with van der Waals surface area (Å²) < 4.78 is 29.5. The fourth-order valence-electron chi connectivity index (χ4n) is 3.91. The minimum absolute atomic E-state index is 0. The van der Waals surface area contributed by atoms with E-state index in [1.165, 1.54) is 13.8 Å². The summed E-state index contributed by atoms with van der Waals surface area (Å²) in [5, 5.41) is 8.72. The minimum atomic E-state index is -0.945. The van der Waals surface area contributed by atoms with Gasteiger partial charge >= 0.3 is 17.9 Å². The molecule has 0 atom stereocenters. The molecule has 0 bridgehead atoms. The zero-order valence-corrected chi connectivity index (χ0v) is 50.2. The first-order chi connectivity index (χ1) is 29.2. The van der Waals surface area contributed by atoms with Gasteiger partial charge in [-0.15, -0.1) is 52.0 Å². The first-order valence-corrected chi connectivity index (χ1v) is 21.0. The van der Waals surface area contributed by atoms with E-state index in [4.69, 9.17) is 80.9 Å². The Balaban J connectivity index is -0.000000177. The molecule has 0 aromatic carbocycles. The number of nitrogens with zero attached hydrogens (tertiary/aromatic N) is 2. The minimum Gasteiger partial charge on any atom is -0.495 e. The van der Waals surface area contributed by atoms with Gasteiger partial charge in [-0.25, -0.2) is 0 Å². The van der Waals surface area contributed by atoms with Crippen molar-refractivity contribution in [3.8, 4) is 0 Å². The summed E-state index contributed by atoms with van der Waals surface area (Å²) in [4.78, 5) is 100. The Hall–Kier alpha value is -0.638. The molecule has 4 amide bonds. The molecule has 66 heavy (non-hydrogen) atoms. The van der Waals surface area contributed by atoms with Crippen LogP contribution in [0, 0.1) is 18.2 Å². The van der Waals surface area contributed by atoms with E-state index < -0.39 is 40.9 Å². The molecule has 0 fully saturated rings. The number of alkyl halides is 4. The fourth-order valence-corrected chi connectivity index (χ4v) is 3.91. The number of carboxylic acid groups (broad SMARTS) is 1. The molecule has 3 aliphatic heterocycles. The predicted octanol–water partition coefficient (Wildman–Crippen LogP) is 3.80. The van der Waals surface area contributed by atoms with Crippen LogP contribution in [0.25, 0.3) is 0 Å². The molecule has 0 saturated heterocycles. The molecule has 3 radical (unpaired) electrons. The molecular formula is C40H58Cl4N3O16Y3-3. The van der Waals surface area contributed by atoms with Crippen molar-refractivity contribution in [2.45, 2.75) is 92.8 Å². The second-order valence-corrected chi connectivity index (χ2v) is 15.7. The number of hydrogen-bond donors (Lipinski definition) is 2. The summed E-state index contributed by atoms with van der Waals surface area (Å²) >= 11 is 19.1. The number of ether oxygens (including phenoxy) is 6. The van der Waals surface area contributed by atoms with Crippen LogP contribution in [0.5, 0.6) is 0 Å². The van der Waals surface area contributed by atoms with Gasteiger partial charge in [0.15, 0.2) is 5.97 Å². The summed E-state index contributed by atoms with van der Waals surface area (Å²) in [5.74, 6) is -4.41. The molecule has 0 aromatic rings. The summed E-state index contributed by atoms with van der Waals surface area (Å²) in [6.07, 6.45) is 7.32. The normalized spacial score (nSPS) is 13.5. The molecule has 3 heterocycles. The number of halogens is 4. The van der Waals surface area contributed by atoms with Crippen molar-refractivity contribution >= 4 is 99.9 Å². The van der Waals surface area contributed by atoms with Gasteiger partial charge in [0.25, 0.3) is 0 Å². The number of carbonyl (C=O) groups excluding carboxylic acids is 8. The van der Waals surface area contributed by atoms with E-state index in [0.717, 1.165) is 9.80 Å². The predicted molar refractivity (Wildman–Crippen MR) is 230 cm³/mol. The topological polar surface area (TPSA) is 262 Å². The molecule has 3 rings (SSSR count). The molecule has 3 N–H and O–H groups in total. The van der Waals surface area contributed by atoms with Crippen LogP contribution in [0.2, 0.25) is 0 Å². The monoisotopic (exact) mass is 1240 g/mol. The largest absolute Gasteiger partial charge is 0.495 e. The zero-order chi connectivity index (χ0) is 49.3. The van der Waals surface area contributed by atoms with Crippen molar-refractivity contribution in [1.82, 2.24) is 9.80 Å². The first-order valence-electron chi connectivity index (χ1n) is 18.8. The zero-order valence-electron chi connectivity index (χ0n) is 38.7. The summed E-state index contributed by atoms with van der Waals surface area (Å²) in [5.41, 5.74) is 5.13. The second-order valence-electron chi connectivity index (χ2n) is 14.1.